The highest BCUT2D eigenvalue weighted by atomic mass is 16.5. The molecule has 2 aromatic heterocycles. The van der Waals surface area contributed by atoms with Crippen molar-refractivity contribution in [2.45, 2.75) is 52.0 Å². The van der Waals surface area contributed by atoms with Gasteiger partial charge in [-0.05, 0) is 36.8 Å². The molecule has 0 spiro atoms. The predicted molar refractivity (Wildman–Crippen MR) is 120 cm³/mol. The number of hydrogen-bond acceptors (Lipinski definition) is 6. The van der Waals surface area contributed by atoms with E-state index in [1.165, 1.54) is 5.56 Å². The molecule has 30 heavy (non-hydrogen) atoms. The molecule has 3 heterocycles. The number of aromatic amines is 1. The highest BCUT2D eigenvalue weighted by Crippen LogP contribution is 2.28. The van der Waals surface area contributed by atoms with Crippen molar-refractivity contribution >= 4 is 17.5 Å². The average molecular weight is 407 g/mol. The Morgan fingerprint density at radius 2 is 1.77 bits per heavy atom. The number of anilines is 3. The van der Waals surface area contributed by atoms with E-state index in [4.69, 9.17) is 14.7 Å². The Bertz CT molecular complexity index is 1000. The first-order chi connectivity index (χ1) is 14.4. The highest BCUT2D eigenvalue weighted by molar-refractivity contribution is 5.65. The van der Waals surface area contributed by atoms with Crippen molar-refractivity contribution in [1.82, 2.24) is 20.2 Å². The van der Waals surface area contributed by atoms with Gasteiger partial charge >= 0.3 is 0 Å². The monoisotopic (exact) mass is 406 g/mol. The van der Waals surface area contributed by atoms with Crippen molar-refractivity contribution < 1.29 is 4.74 Å². The van der Waals surface area contributed by atoms with Crippen molar-refractivity contribution in [2.24, 2.45) is 0 Å². The summed E-state index contributed by atoms with van der Waals surface area (Å²) < 4.78 is 5.48. The van der Waals surface area contributed by atoms with E-state index in [9.17, 15) is 0 Å². The molecule has 0 aliphatic carbocycles. The summed E-state index contributed by atoms with van der Waals surface area (Å²) in [6, 6.07) is 12.7. The van der Waals surface area contributed by atoms with E-state index in [1.54, 1.807) is 0 Å². The largest absolute Gasteiger partial charge is 0.381 e. The molecule has 1 fully saturated rings. The van der Waals surface area contributed by atoms with Crippen molar-refractivity contribution in [2.75, 3.05) is 23.8 Å². The second-order valence-corrected chi connectivity index (χ2v) is 8.89. The van der Waals surface area contributed by atoms with Crippen LogP contribution in [0.3, 0.4) is 0 Å². The van der Waals surface area contributed by atoms with Gasteiger partial charge in [0.25, 0.3) is 0 Å². The Kier molecular flexibility index (Phi) is 5.72. The molecule has 158 valence electrons. The van der Waals surface area contributed by atoms with Gasteiger partial charge in [0.1, 0.15) is 11.6 Å². The van der Waals surface area contributed by atoms with Crippen LogP contribution in [0.1, 0.15) is 44.9 Å². The minimum absolute atomic E-state index is 0.0572. The van der Waals surface area contributed by atoms with Gasteiger partial charge in [0.05, 0.1) is 0 Å². The SMILES string of the molecule is Cc1cc(Nc2cc(NC3CCOCC3)nc(-c3cccc(C(C)(C)C)c3)n2)n[nH]1. The molecule has 1 aliphatic rings. The maximum absolute atomic E-state index is 5.48. The minimum Gasteiger partial charge on any atom is -0.381 e. The fraction of sp³-hybridized carbons (Fsp3) is 0.435. The maximum atomic E-state index is 5.48. The Morgan fingerprint density at radius 1 is 1.00 bits per heavy atom. The van der Waals surface area contributed by atoms with Crippen LogP contribution in [0.15, 0.2) is 36.4 Å². The molecule has 0 amide bonds. The Morgan fingerprint density at radius 3 is 2.47 bits per heavy atom. The number of ether oxygens (including phenoxy) is 1. The standard InChI is InChI=1S/C23H30N6O/c1-15-12-21(29-28-15)25-20-14-19(24-18-8-10-30-11-9-18)26-22(27-20)16-6-5-7-17(13-16)23(2,3)4/h5-7,12-14,18H,8-11H2,1-4H3,(H3,24,25,26,27,28,29). The quantitative estimate of drug-likeness (QED) is 0.564. The third-order valence-corrected chi connectivity index (χ3v) is 5.25. The first kappa shape index (κ1) is 20.3. The second kappa shape index (κ2) is 8.44. The average Bonchev–Trinajstić information content (AvgIpc) is 3.12. The van der Waals surface area contributed by atoms with Gasteiger partial charge in [0.15, 0.2) is 11.6 Å². The van der Waals surface area contributed by atoms with E-state index in [-0.39, 0.29) is 5.41 Å². The predicted octanol–water partition coefficient (Wildman–Crippen LogP) is 4.81. The van der Waals surface area contributed by atoms with E-state index in [1.807, 2.05) is 19.1 Å². The Hall–Kier alpha value is -2.93. The summed E-state index contributed by atoms with van der Waals surface area (Å²) in [7, 11) is 0. The molecule has 0 bridgehead atoms. The number of hydrogen-bond donors (Lipinski definition) is 3. The lowest BCUT2D eigenvalue weighted by molar-refractivity contribution is 0.0904. The molecular formula is C23H30N6O. The lowest BCUT2D eigenvalue weighted by Crippen LogP contribution is -2.28. The first-order valence-corrected chi connectivity index (χ1v) is 10.5. The van der Waals surface area contributed by atoms with Crippen LogP contribution in [0.2, 0.25) is 0 Å². The van der Waals surface area contributed by atoms with Crippen LogP contribution >= 0.6 is 0 Å². The number of H-pyrrole nitrogens is 1. The fourth-order valence-corrected chi connectivity index (χ4v) is 3.50. The molecule has 3 N–H and O–H groups in total. The number of aromatic nitrogens is 4. The van der Waals surface area contributed by atoms with E-state index in [0.29, 0.717) is 17.7 Å². The molecule has 7 nitrogen and oxygen atoms in total. The summed E-state index contributed by atoms with van der Waals surface area (Å²) in [6.07, 6.45) is 1.94. The number of benzene rings is 1. The van der Waals surface area contributed by atoms with Gasteiger partial charge in [-0.2, -0.15) is 5.10 Å². The number of rotatable bonds is 5. The van der Waals surface area contributed by atoms with Crippen molar-refractivity contribution in [3.8, 4) is 11.4 Å². The second-order valence-electron chi connectivity index (χ2n) is 8.89. The van der Waals surface area contributed by atoms with Crippen molar-refractivity contribution in [3.63, 3.8) is 0 Å². The van der Waals surface area contributed by atoms with Gasteiger partial charge in [0.2, 0.25) is 0 Å². The smallest absolute Gasteiger partial charge is 0.163 e. The lowest BCUT2D eigenvalue weighted by atomic mass is 9.86. The van der Waals surface area contributed by atoms with Gasteiger partial charge in [-0.3, -0.25) is 5.10 Å². The first-order valence-electron chi connectivity index (χ1n) is 10.5. The third kappa shape index (κ3) is 4.97. The summed E-state index contributed by atoms with van der Waals surface area (Å²) in [4.78, 5) is 9.62. The van der Waals surface area contributed by atoms with Crippen molar-refractivity contribution in [3.05, 3.63) is 47.7 Å². The van der Waals surface area contributed by atoms with Crippen LogP contribution in [0.25, 0.3) is 11.4 Å². The zero-order chi connectivity index (χ0) is 21.1. The summed E-state index contributed by atoms with van der Waals surface area (Å²) >= 11 is 0. The molecule has 1 saturated heterocycles. The van der Waals surface area contributed by atoms with Crippen LogP contribution in [-0.2, 0) is 10.2 Å². The third-order valence-electron chi connectivity index (χ3n) is 5.25. The Balaban J connectivity index is 1.69. The lowest BCUT2D eigenvalue weighted by Gasteiger charge is -2.24. The van der Waals surface area contributed by atoms with E-state index in [0.717, 1.165) is 48.9 Å². The molecule has 0 saturated carbocycles. The zero-order valence-electron chi connectivity index (χ0n) is 18.1. The van der Waals surface area contributed by atoms with Gasteiger partial charge in [0, 0.05) is 42.6 Å². The molecular weight excluding hydrogens is 376 g/mol. The van der Waals surface area contributed by atoms with Gasteiger partial charge in [-0.1, -0.05) is 39.0 Å². The normalized spacial score (nSPS) is 15.2. The maximum Gasteiger partial charge on any atom is 0.163 e. The van der Waals surface area contributed by atoms with E-state index in [2.05, 4.69) is 65.9 Å². The summed E-state index contributed by atoms with van der Waals surface area (Å²) in [5.41, 5.74) is 3.30. The molecule has 1 aliphatic heterocycles. The fourth-order valence-electron chi connectivity index (χ4n) is 3.50. The topological polar surface area (TPSA) is 87.8 Å². The number of nitrogens with zero attached hydrogens (tertiary/aromatic N) is 3. The molecule has 3 aromatic rings. The van der Waals surface area contributed by atoms with Gasteiger partial charge in [-0.25, -0.2) is 9.97 Å². The number of nitrogens with one attached hydrogen (secondary N) is 3. The minimum atomic E-state index is 0.0572. The molecule has 0 atom stereocenters. The summed E-state index contributed by atoms with van der Waals surface area (Å²) in [5, 5.41) is 14.1. The van der Waals surface area contributed by atoms with Gasteiger partial charge < -0.3 is 15.4 Å². The van der Waals surface area contributed by atoms with Crippen LogP contribution in [0.5, 0.6) is 0 Å². The van der Waals surface area contributed by atoms with Crippen LogP contribution in [0.4, 0.5) is 17.5 Å². The summed E-state index contributed by atoms with van der Waals surface area (Å²) in [6.45, 7) is 10.2. The Labute approximate surface area is 177 Å². The van der Waals surface area contributed by atoms with Crippen LogP contribution < -0.4 is 10.6 Å². The van der Waals surface area contributed by atoms with Crippen molar-refractivity contribution in [1.29, 1.82) is 0 Å². The number of aryl methyl sites for hydroxylation is 1. The molecule has 1 aromatic carbocycles. The highest BCUT2D eigenvalue weighted by Gasteiger charge is 2.18. The zero-order valence-corrected chi connectivity index (χ0v) is 18.1. The van der Waals surface area contributed by atoms with E-state index >= 15 is 0 Å². The van der Waals surface area contributed by atoms with E-state index < -0.39 is 0 Å². The molecule has 0 radical (unpaired) electrons. The molecule has 7 heteroatoms. The summed E-state index contributed by atoms with van der Waals surface area (Å²) in [5.74, 6) is 2.94. The van der Waals surface area contributed by atoms with Crippen LogP contribution in [0, 0.1) is 6.92 Å². The van der Waals surface area contributed by atoms with Gasteiger partial charge in [-0.15, -0.1) is 0 Å². The molecule has 0 unspecified atom stereocenters. The molecule has 4 rings (SSSR count). The van der Waals surface area contributed by atoms with Crippen LogP contribution in [-0.4, -0.2) is 39.4 Å².